The molecule has 2 rings (SSSR count). The quantitative estimate of drug-likeness (QED) is 0.803. The van der Waals surface area contributed by atoms with E-state index in [4.69, 9.17) is 4.74 Å². The number of halogens is 1. The summed E-state index contributed by atoms with van der Waals surface area (Å²) in [7, 11) is 1.55. The van der Waals surface area contributed by atoms with E-state index in [1.165, 1.54) is 9.13 Å². The number of phenols is 1. The summed E-state index contributed by atoms with van der Waals surface area (Å²) in [6, 6.07) is 11.7. The lowest BCUT2D eigenvalue weighted by molar-refractivity contribution is 0.371. The molecule has 4 heteroatoms. The van der Waals surface area contributed by atoms with Gasteiger partial charge in [-0.3, -0.25) is 0 Å². The Morgan fingerprint density at radius 3 is 2.74 bits per heavy atom. The topological polar surface area (TPSA) is 41.5 Å². The number of ether oxygens (including phenoxy) is 1. The van der Waals surface area contributed by atoms with Crippen LogP contribution in [-0.2, 0) is 6.54 Å². The van der Waals surface area contributed by atoms with Gasteiger partial charge in [0.1, 0.15) is 0 Å². The number of phenolic OH excluding ortho intramolecular Hbond substituents is 1. The molecule has 0 saturated heterocycles. The van der Waals surface area contributed by atoms with E-state index in [2.05, 4.69) is 47.0 Å². The predicted molar refractivity (Wildman–Crippen MR) is 85.9 cm³/mol. The van der Waals surface area contributed by atoms with Gasteiger partial charge in [0.25, 0.3) is 0 Å². The highest BCUT2D eigenvalue weighted by Gasteiger charge is 2.07. The maximum Gasteiger partial charge on any atom is 0.162 e. The first-order valence-electron chi connectivity index (χ1n) is 5.96. The van der Waals surface area contributed by atoms with Crippen LogP contribution in [0.3, 0.4) is 0 Å². The fraction of sp³-hybridized carbons (Fsp3) is 0.200. The zero-order chi connectivity index (χ0) is 13.8. The third-order valence-corrected chi connectivity index (χ3v) is 3.63. The molecule has 3 nitrogen and oxygen atoms in total. The van der Waals surface area contributed by atoms with Gasteiger partial charge in [0.2, 0.25) is 0 Å². The zero-order valence-corrected chi connectivity index (χ0v) is 13.1. The molecule has 0 radical (unpaired) electrons. The van der Waals surface area contributed by atoms with Gasteiger partial charge in [0, 0.05) is 21.4 Å². The van der Waals surface area contributed by atoms with Gasteiger partial charge in [-0.1, -0.05) is 12.1 Å². The van der Waals surface area contributed by atoms with Crippen LogP contribution in [0.2, 0.25) is 0 Å². The average Bonchev–Trinajstić information content (AvgIpc) is 2.39. The highest BCUT2D eigenvalue weighted by atomic mass is 127. The van der Waals surface area contributed by atoms with Crippen LogP contribution in [0.4, 0.5) is 5.69 Å². The molecule has 0 bridgehead atoms. The van der Waals surface area contributed by atoms with E-state index in [1.54, 1.807) is 13.2 Å². The van der Waals surface area contributed by atoms with Gasteiger partial charge in [-0.2, -0.15) is 0 Å². The molecule has 2 aromatic rings. The van der Waals surface area contributed by atoms with Gasteiger partial charge in [-0.05, 0) is 59.3 Å². The minimum atomic E-state index is 0.195. The molecular formula is C15H16INO2. The summed E-state index contributed by atoms with van der Waals surface area (Å²) in [6.07, 6.45) is 0. The van der Waals surface area contributed by atoms with Gasteiger partial charge in [-0.15, -0.1) is 0 Å². The Balaban J connectivity index is 2.14. The molecule has 100 valence electrons. The Kier molecular flexibility index (Phi) is 4.52. The van der Waals surface area contributed by atoms with Crippen molar-refractivity contribution in [3.05, 3.63) is 51.1 Å². The third-order valence-electron chi connectivity index (χ3n) is 2.96. The number of hydrogen-bond acceptors (Lipinski definition) is 3. The SMILES string of the molecule is COc1cccc(CNc2ccc(I)cc2C)c1O. The molecule has 19 heavy (non-hydrogen) atoms. The summed E-state index contributed by atoms with van der Waals surface area (Å²) in [5.41, 5.74) is 3.08. The highest BCUT2D eigenvalue weighted by Crippen LogP contribution is 2.30. The van der Waals surface area contributed by atoms with Crippen LogP contribution in [0.25, 0.3) is 0 Å². The van der Waals surface area contributed by atoms with Gasteiger partial charge < -0.3 is 15.2 Å². The van der Waals surface area contributed by atoms with Crippen LogP contribution < -0.4 is 10.1 Å². The Bertz CT molecular complexity index is 584. The van der Waals surface area contributed by atoms with Gasteiger partial charge in [0.05, 0.1) is 7.11 Å². The molecule has 0 spiro atoms. The largest absolute Gasteiger partial charge is 0.504 e. The van der Waals surface area contributed by atoms with Crippen molar-refractivity contribution in [2.75, 3.05) is 12.4 Å². The minimum absolute atomic E-state index is 0.195. The summed E-state index contributed by atoms with van der Waals surface area (Å²) in [5, 5.41) is 13.3. The van der Waals surface area contributed by atoms with Crippen molar-refractivity contribution in [1.82, 2.24) is 0 Å². The fourth-order valence-corrected chi connectivity index (χ4v) is 2.54. The van der Waals surface area contributed by atoms with Crippen molar-refractivity contribution >= 4 is 28.3 Å². The molecular weight excluding hydrogens is 353 g/mol. The highest BCUT2D eigenvalue weighted by molar-refractivity contribution is 14.1. The molecule has 0 unspecified atom stereocenters. The van der Waals surface area contributed by atoms with Crippen LogP contribution in [0.15, 0.2) is 36.4 Å². The average molecular weight is 369 g/mol. The first-order valence-corrected chi connectivity index (χ1v) is 7.04. The zero-order valence-electron chi connectivity index (χ0n) is 10.9. The molecule has 0 fully saturated rings. The second-order valence-corrected chi connectivity index (χ2v) is 5.53. The lowest BCUT2D eigenvalue weighted by atomic mass is 10.1. The van der Waals surface area contributed by atoms with E-state index in [-0.39, 0.29) is 5.75 Å². The van der Waals surface area contributed by atoms with E-state index in [0.717, 1.165) is 11.3 Å². The minimum Gasteiger partial charge on any atom is -0.504 e. The van der Waals surface area contributed by atoms with Crippen LogP contribution in [0, 0.1) is 10.5 Å². The van der Waals surface area contributed by atoms with E-state index in [1.807, 2.05) is 18.2 Å². The van der Waals surface area contributed by atoms with Crippen molar-refractivity contribution in [1.29, 1.82) is 0 Å². The predicted octanol–water partition coefficient (Wildman–Crippen LogP) is 3.93. The van der Waals surface area contributed by atoms with E-state index in [0.29, 0.717) is 12.3 Å². The molecule has 0 amide bonds. The van der Waals surface area contributed by atoms with Crippen LogP contribution in [0.5, 0.6) is 11.5 Å². The van der Waals surface area contributed by atoms with E-state index in [9.17, 15) is 5.11 Å². The lowest BCUT2D eigenvalue weighted by Crippen LogP contribution is -2.02. The Morgan fingerprint density at radius 1 is 1.26 bits per heavy atom. The standard InChI is InChI=1S/C15H16INO2/c1-10-8-12(16)6-7-13(10)17-9-11-4-3-5-14(19-2)15(11)18/h3-8,17-18H,9H2,1-2H3. The molecule has 0 aliphatic rings. The van der Waals surface area contributed by atoms with E-state index < -0.39 is 0 Å². The van der Waals surface area contributed by atoms with Crippen LogP contribution in [0.1, 0.15) is 11.1 Å². The first-order chi connectivity index (χ1) is 9.11. The van der Waals surface area contributed by atoms with Crippen LogP contribution in [-0.4, -0.2) is 12.2 Å². The number of methoxy groups -OCH3 is 1. The molecule has 0 atom stereocenters. The van der Waals surface area contributed by atoms with Gasteiger partial charge >= 0.3 is 0 Å². The fourth-order valence-electron chi connectivity index (χ4n) is 1.89. The molecule has 0 saturated carbocycles. The summed E-state index contributed by atoms with van der Waals surface area (Å²) >= 11 is 2.29. The summed E-state index contributed by atoms with van der Waals surface area (Å²) in [6.45, 7) is 2.63. The number of hydrogen-bond donors (Lipinski definition) is 2. The molecule has 0 heterocycles. The summed E-state index contributed by atoms with van der Waals surface area (Å²) in [5.74, 6) is 0.694. The number of aryl methyl sites for hydroxylation is 1. The second kappa shape index (κ2) is 6.14. The van der Waals surface area contributed by atoms with Crippen molar-refractivity contribution < 1.29 is 9.84 Å². The third kappa shape index (κ3) is 3.32. The monoisotopic (exact) mass is 369 g/mol. The van der Waals surface area contributed by atoms with Crippen molar-refractivity contribution in [3.63, 3.8) is 0 Å². The Hall–Kier alpha value is -1.43. The number of aromatic hydroxyl groups is 1. The number of rotatable bonds is 4. The second-order valence-electron chi connectivity index (χ2n) is 4.28. The van der Waals surface area contributed by atoms with Crippen molar-refractivity contribution in [3.8, 4) is 11.5 Å². The van der Waals surface area contributed by atoms with E-state index >= 15 is 0 Å². The molecule has 0 aliphatic heterocycles. The number of para-hydroxylation sites is 1. The first kappa shape index (κ1) is 14.0. The van der Waals surface area contributed by atoms with Crippen molar-refractivity contribution in [2.24, 2.45) is 0 Å². The number of anilines is 1. The molecule has 0 aliphatic carbocycles. The molecule has 2 N–H and O–H groups in total. The van der Waals surface area contributed by atoms with Crippen molar-refractivity contribution in [2.45, 2.75) is 13.5 Å². The number of nitrogens with one attached hydrogen (secondary N) is 1. The normalized spacial score (nSPS) is 10.3. The maximum absolute atomic E-state index is 10.0. The number of benzene rings is 2. The summed E-state index contributed by atoms with van der Waals surface area (Å²) in [4.78, 5) is 0. The van der Waals surface area contributed by atoms with Crippen LogP contribution >= 0.6 is 22.6 Å². The Labute approximate surface area is 126 Å². The summed E-state index contributed by atoms with van der Waals surface area (Å²) < 4.78 is 6.31. The molecule has 0 aromatic heterocycles. The van der Waals surface area contributed by atoms with Gasteiger partial charge in [-0.25, -0.2) is 0 Å². The lowest BCUT2D eigenvalue weighted by Gasteiger charge is -2.12. The van der Waals surface area contributed by atoms with Gasteiger partial charge in [0.15, 0.2) is 11.5 Å². The smallest absolute Gasteiger partial charge is 0.162 e. The maximum atomic E-state index is 10.0. The Morgan fingerprint density at radius 2 is 2.05 bits per heavy atom. The molecule has 2 aromatic carbocycles.